The zero-order valence-corrected chi connectivity index (χ0v) is 11.8. The molecule has 1 aliphatic carbocycles. The van der Waals surface area contributed by atoms with Crippen LogP contribution in [0.1, 0.15) is 44.2 Å². The average molecular weight is 285 g/mol. The summed E-state index contributed by atoms with van der Waals surface area (Å²) in [5.41, 5.74) is 0.295. The first-order valence-electron chi connectivity index (χ1n) is 7.33. The first-order valence-corrected chi connectivity index (χ1v) is 7.33. The predicted octanol–water partition coefficient (Wildman–Crippen LogP) is 4.71. The molecule has 0 bridgehead atoms. The highest BCUT2D eigenvalue weighted by molar-refractivity contribution is 5.20. The van der Waals surface area contributed by atoms with Crippen LogP contribution in [0.25, 0.3) is 0 Å². The molecule has 1 nitrogen and oxygen atoms in total. The van der Waals surface area contributed by atoms with Gasteiger partial charge in [-0.25, -0.2) is 0 Å². The minimum atomic E-state index is -4.25. The Morgan fingerprint density at radius 2 is 1.80 bits per heavy atom. The quantitative estimate of drug-likeness (QED) is 0.845. The molecule has 1 fully saturated rings. The van der Waals surface area contributed by atoms with Crippen LogP contribution in [0.4, 0.5) is 13.2 Å². The molecule has 0 amide bonds. The van der Waals surface area contributed by atoms with Crippen LogP contribution in [0, 0.1) is 11.8 Å². The fourth-order valence-electron chi connectivity index (χ4n) is 3.03. The van der Waals surface area contributed by atoms with Gasteiger partial charge in [-0.3, -0.25) is 0 Å². The van der Waals surface area contributed by atoms with Crippen molar-refractivity contribution in [3.05, 3.63) is 35.9 Å². The Bertz CT molecular complexity index is 402. The second-order valence-electron chi connectivity index (χ2n) is 5.82. The number of benzene rings is 1. The molecule has 0 saturated heterocycles. The lowest BCUT2D eigenvalue weighted by Crippen LogP contribution is -2.38. The molecule has 2 rings (SSSR count). The van der Waals surface area contributed by atoms with Crippen LogP contribution in [-0.4, -0.2) is 12.7 Å². The molecule has 4 heteroatoms. The number of alkyl halides is 3. The predicted molar refractivity (Wildman–Crippen MR) is 74.4 cm³/mol. The van der Waals surface area contributed by atoms with E-state index < -0.39 is 12.2 Å². The summed E-state index contributed by atoms with van der Waals surface area (Å²) in [5.74, 6) is 0.873. The number of rotatable bonds is 4. The number of halogens is 3. The van der Waals surface area contributed by atoms with Gasteiger partial charge in [-0.05, 0) is 30.4 Å². The minimum absolute atomic E-state index is 0.295. The molecule has 1 N–H and O–H groups in total. The van der Waals surface area contributed by atoms with Crippen molar-refractivity contribution in [3.63, 3.8) is 0 Å². The van der Waals surface area contributed by atoms with E-state index in [-0.39, 0.29) is 0 Å². The van der Waals surface area contributed by atoms with Gasteiger partial charge < -0.3 is 5.32 Å². The molecule has 1 aromatic carbocycles. The molecule has 1 saturated carbocycles. The zero-order valence-electron chi connectivity index (χ0n) is 11.8. The number of hydrogen-bond acceptors (Lipinski definition) is 1. The Morgan fingerprint density at radius 1 is 1.15 bits per heavy atom. The minimum Gasteiger partial charge on any atom is -0.302 e. The van der Waals surface area contributed by atoms with Crippen molar-refractivity contribution in [3.8, 4) is 0 Å². The van der Waals surface area contributed by atoms with Crippen molar-refractivity contribution in [2.45, 2.75) is 44.8 Å². The van der Waals surface area contributed by atoms with E-state index in [0.717, 1.165) is 19.3 Å². The number of hydrogen-bond donors (Lipinski definition) is 1. The summed E-state index contributed by atoms with van der Waals surface area (Å²) in [6, 6.07) is 6.56. The maximum absolute atomic E-state index is 13.2. The third kappa shape index (κ3) is 3.98. The summed E-state index contributed by atoms with van der Waals surface area (Å²) in [6.07, 6.45) is 0.263. The van der Waals surface area contributed by atoms with Crippen molar-refractivity contribution >= 4 is 0 Å². The van der Waals surface area contributed by atoms with Crippen LogP contribution in [0.15, 0.2) is 30.3 Å². The highest BCUT2D eigenvalue weighted by Crippen LogP contribution is 2.34. The maximum Gasteiger partial charge on any atom is 0.407 e. The third-order valence-electron chi connectivity index (χ3n) is 4.33. The van der Waals surface area contributed by atoms with Gasteiger partial charge in [0.05, 0.1) is 0 Å². The van der Waals surface area contributed by atoms with Crippen LogP contribution in [-0.2, 0) is 0 Å². The fourth-order valence-corrected chi connectivity index (χ4v) is 3.03. The Morgan fingerprint density at radius 3 is 2.40 bits per heavy atom. The van der Waals surface area contributed by atoms with Crippen LogP contribution >= 0.6 is 0 Å². The largest absolute Gasteiger partial charge is 0.407 e. The van der Waals surface area contributed by atoms with Gasteiger partial charge in [0.1, 0.15) is 6.04 Å². The van der Waals surface area contributed by atoms with Crippen LogP contribution < -0.4 is 5.32 Å². The highest BCUT2D eigenvalue weighted by Gasteiger charge is 2.40. The van der Waals surface area contributed by atoms with Crippen LogP contribution in [0.2, 0.25) is 0 Å². The monoisotopic (exact) mass is 285 g/mol. The molecule has 3 unspecified atom stereocenters. The van der Waals surface area contributed by atoms with Crippen molar-refractivity contribution in [1.82, 2.24) is 5.32 Å². The van der Waals surface area contributed by atoms with E-state index >= 15 is 0 Å². The Hall–Kier alpha value is -1.03. The molecule has 0 radical (unpaired) electrons. The molecular formula is C16H22F3N. The second kappa shape index (κ2) is 6.61. The Balaban J connectivity index is 2.02. The van der Waals surface area contributed by atoms with Gasteiger partial charge in [0.2, 0.25) is 0 Å². The van der Waals surface area contributed by atoms with Crippen molar-refractivity contribution in [2.24, 2.45) is 11.8 Å². The summed E-state index contributed by atoms with van der Waals surface area (Å²) in [6.45, 7) is 2.59. The van der Waals surface area contributed by atoms with E-state index in [2.05, 4.69) is 12.2 Å². The van der Waals surface area contributed by atoms with E-state index in [9.17, 15) is 13.2 Å². The van der Waals surface area contributed by atoms with Gasteiger partial charge in [0.25, 0.3) is 0 Å². The average Bonchev–Trinajstić information content (AvgIpc) is 2.41. The second-order valence-corrected chi connectivity index (χ2v) is 5.82. The summed E-state index contributed by atoms with van der Waals surface area (Å²) in [7, 11) is 0. The Kier molecular flexibility index (Phi) is 5.08. The standard InChI is InChI=1S/C16H22F3N/c1-12-7-5-6-10-14(12)11-20-15(16(17,18)19)13-8-3-2-4-9-13/h2-4,8-9,12,14-15,20H,5-7,10-11H2,1H3. The molecule has 0 heterocycles. The van der Waals surface area contributed by atoms with E-state index in [1.54, 1.807) is 18.2 Å². The van der Waals surface area contributed by atoms with E-state index in [1.807, 2.05) is 0 Å². The van der Waals surface area contributed by atoms with Crippen molar-refractivity contribution in [2.75, 3.05) is 6.54 Å². The molecule has 0 spiro atoms. The van der Waals surface area contributed by atoms with E-state index in [0.29, 0.717) is 23.9 Å². The number of nitrogens with one attached hydrogen (secondary N) is 1. The summed E-state index contributed by atoms with van der Waals surface area (Å²) >= 11 is 0. The van der Waals surface area contributed by atoms with Crippen LogP contribution in [0.3, 0.4) is 0 Å². The molecule has 3 atom stereocenters. The summed E-state index contributed by atoms with van der Waals surface area (Å²) in [5, 5.41) is 2.75. The van der Waals surface area contributed by atoms with Crippen LogP contribution in [0.5, 0.6) is 0 Å². The zero-order chi connectivity index (χ0) is 14.6. The molecule has 1 aliphatic rings. The smallest absolute Gasteiger partial charge is 0.302 e. The maximum atomic E-state index is 13.2. The lowest BCUT2D eigenvalue weighted by molar-refractivity contribution is -0.158. The molecular weight excluding hydrogens is 263 g/mol. The first kappa shape index (κ1) is 15.4. The molecule has 1 aromatic rings. The summed E-state index contributed by atoms with van der Waals surface area (Å²) < 4.78 is 39.6. The van der Waals surface area contributed by atoms with Crippen molar-refractivity contribution in [1.29, 1.82) is 0 Å². The van der Waals surface area contributed by atoms with Gasteiger partial charge in [0.15, 0.2) is 0 Å². The lowest BCUT2D eigenvalue weighted by atomic mass is 9.80. The topological polar surface area (TPSA) is 12.0 Å². The fraction of sp³-hybridized carbons (Fsp3) is 0.625. The lowest BCUT2D eigenvalue weighted by Gasteiger charge is -2.31. The van der Waals surface area contributed by atoms with E-state index in [1.165, 1.54) is 18.6 Å². The van der Waals surface area contributed by atoms with Gasteiger partial charge >= 0.3 is 6.18 Å². The molecule has 20 heavy (non-hydrogen) atoms. The summed E-state index contributed by atoms with van der Waals surface area (Å²) in [4.78, 5) is 0. The van der Waals surface area contributed by atoms with Gasteiger partial charge in [-0.2, -0.15) is 13.2 Å². The molecule has 0 aromatic heterocycles. The normalized spacial score (nSPS) is 25.4. The Labute approximate surface area is 118 Å². The van der Waals surface area contributed by atoms with Gasteiger partial charge in [0, 0.05) is 0 Å². The van der Waals surface area contributed by atoms with Gasteiger partial charge in [-0.15, -0.1) is 0 Å². The van der Waals surface area contributed by atoms with Crippen molar-refractivity contribution < 1.29 is 13.2 Å². The molecule has 0 aliphatic heterocycles. The highest BCUT2D eigenvalue weighted by atomic mass is 19.4. The van der Waals surface area contributed by atoms with E-state index in [4.69, 9.17) is 0 Å². The van der Waals surface area contributed by atoms with Gasteiger partial charge in [-0.1, -0.05) is 56.5 Å². The SMILES string of the molecule is CC1CCCCC1CNC(c1ccccc1)C(F)(F)F. The first-order chi connectivity index (χ1) is 9.48. The molecule has 112 valence electrons. The third-order valence-corrected chi connectivity index (χ3v) is 4.33.